The fourth-order valence-corrected chi connectivity index (χ4v) is 5.15. The van der Waals surface area contributed by atoms with Gasteiger partial charge in [-0.2, -0.15) is 0 Å². The average molecular weight is 557 g/mol. The maximum Gasteiger partial charge on any atom is 0.270 e. The van der Waals surface area contributed by atoms with Gasteiger partial charge in [-0.1, -0.05) is 13.8 Å². The number of carbonyl (C=O) groups excluding carboxylic acids is 2. The van der Waals surface area contributed by atoms with Crippen molar-refractivity contribution in [3.8, 4) is 0 Å². The van der Waals surface area contributed by atoms with Crippen LogP contribution >= 0.6 is 0 Å². The Kier molecular flexibility index (Phi) is 9.96. The summed E-state index contributed by atoms with van der Waals surface area (Å²) in [4.78, 5) is 28.8. The molecule has 1 saturated carbocycles. The van der Waals surface area contributed by atoms with Crippen LogP contribution < -0.4 is 26.0 Å². The molecule has 0 bridgehead atoms. The Morgan fingerprint density at radius 3 is 2.36 bits per heavy atom. The number of likely N-dealkylation sites (N-methyl/N-ethyl adjacent to an activating group) is 1. The summed E-state index contributed by atoms with van der Waals surface area (Å²) in [7, 11) is -2.10. The summed E-state index contributed by atoms with van der Waals surface area (Å²) < 4.78 is 26.9. The topological polar surface area (TPSA) is 146 Å². The van der Waals surface area contributed by atoms with Gasteiger partial charge in [-0.3, -0.25) is 13.9 Å². The normalized spacial score (nSPS) is 13.7. The summed E-state index contributed by atoms with van der Waals surface area (Å²) in [5.41, 5.74) is 10.2. The standard InChI is InChI=1S/C28H40N6O4S/c1-18(2)17-32-21-9-11-22(12-10-21)33-27(28(36)30-4)24-15-23(20-7-8-20)26(16-25(24)29)34(39(5,37)38)14-6-13-31-19(3)35/h9-12,15-16,18,20,32H,6-8,13-14,17,29H2,1-5H3,(H,30,36)(H,31,35). The molecule has 11 heteroatoms. The van der Waals surface area contributed by atoms with Crippen LogP contribution in [0.5, 0.6) is 0 Å². The Bertz CT molecular complexity index is 1320. The van der Waals surface area contributed by atoms with E-state index in [1.165, 1.54) is 18.3 Å². The number of aliphatic imine (C=N–C) groups is 1. The van der Waals surface area contributed by atoms with Crippen LogP contribution in [0.4, 0.5) is 22.7 Å². The van der Waals surface area contributed by atoms with E-state index in [0.29, 0.717) is 35.8 Å². The van der Waals surface area contributed by atoms with Crippen molar-refractivity contribution < 1.29 is 18.0 Å². The van der Waals surface area contributed by atoms with Gasteiger partial charge >= 0.3 is 0 Å². The Morgan fingerprint density at radius 1 is 1.15 bits per heavy atom. The first-order valence-corrected chi connectivity index (χ1v) is 15.1. The fraction of sp³-hybridized carbons (Fsp3) is 0.464. The number of amides is 2. The summed E-state index contributed by atoms with van der Waals surface area (Å²) in [6.07, 6.45) is 3.42. The number of benzene rings is 2. The lowest BCUT2D eigenvalue weighted by Gasteiger charge is -2.26. The van der Waals surface area contributed by atoms with Crippen LogP contribution in [0.1, 0.15) is 57.1 Å². The summed E-state index contributed by atoms with van der Waals surface area (Å²) in [6, 6.07) is 10.9. The minimum atomic E-state index is -3.63. The lowest BCUT2D eigenvalue weighted by molar-refractivity contribution is -0.119. The highest BCUT2D eigenvalue weighted by molar-refractivity contribution is 7.92. The molecule has 0 unspecified atom stereocenters. The van der Waals surface area contributed by atoms with Crippen molar-refractivity contribution in [2.45, 2.75) is 46.0 Å². The van der Waals surface area contributed by atoms with Crippen molar-refractivity contribution in [3.05, 3.63) is 47.5 Å². The van der Waals surface area contributed by atoms with Crippen LogP contribution in [0.15, 0.2) is 41.4 Å². The second-order valence-corrected chi connectivity index (χ2v) is 12.2. The summed E-state index contributed by atoms with van der Waals surface area (Å²) in [5, 5.41) is 8.70. The van der Waals surface area contributed by atoms with Crippen molar-refractivity contribution in [1.29, 1.82) is 0 Å². The maximum absolute atomic E-state index is 13.0. The molecule has 0 saturated heterocycles. The van der Waals surface area contributed by atoms with E-state index < -0.39 is 15.9 Å². The minimum absolute atomic E-state index is 0.155. The van der Waals surface area contributed by atoms with Crippen molar-refractivity contribution in [3.63, 3.8) is 0 Å². The maximum atomic E-state index is 13.0. The van der Waals surface area contributed by atoms with Gasteiger partial charge in [0.2, 0.25) is 15.9 Å². The molecular weight excluding hydrogens is 516 g/mol. The molecule has 0 aromatic heterocycles. The Balaban J connectivity index is 2.01. The number of nitrogens with zero attached hydrogens (tertiary/aromatic N) is 2. The summed E-state index contributed by atoms with van der Waals surface area (Å²) in [6.45, 7) is 7.07. The highest BCUT2D eigenvalue weighted by Gasteiger charge is 2.32. The molecule has 0 radical (unpaired) electrons. The van der Waals surface area contributed by atoms with E-state index in [-0.39, 0.29) is 29.8 Å². The number of rotatable bonds is 13. The van der Waals surface area contributed by atoms with Gasteiger partial charge in [-0.25, -0.2) is 13.4 Å². The van der Waals surface area contributed by atoms with Gasteiger partial charge in [-0.05, 0) is 73.1 Å². The number of carbonyl (C=O) groups is 2. The molecule has 1 aliphatic rings. The Labute approximate surface area is 231 Å². The van der Waals surface area contributed by atoms with E-state index >= 15 is 0 Å². The molecule has 1 aliphatic carbocycles. The third-order valence-electron chi connectivity index (χ3n) is 6.32. The van der Waals surface area contributed by atoms with Gasteiger partial charge < -0.3 is 21.7 Å². The fourth-order valence-electron chi connectivity index (χ4n) is 4.17. The van der Waals surface area contributed by atoms with Gasteiger partial charge in [0.25, 0.3) is 5.91 Å². The summed E-state index contributed by atoms with van der Waals surface area (Å²) >= 11 is 0. The predicted molar refractivity (Wildman–Crippen MR) is 158 cm³/mol. The van der Waals surface area contributed by atoms with Crippen molar-refractivity contribution >= 4 is 50.3 Å². The highest BCUT2D eigenvalue weighted by Crippen LogP contribution is 2.46. The van der Waals surface area contributed by atoms with Gasteiger partial charge in [0.05, 0.1) is 17.6 Å². The van der Waals surface area contributed by atoms with E-state index in [1.54, 1.807) is 12.1 Å². The van der Waals surface area contributed by atoms with E-state index in [0.717, 1.165) is 36.9 Å². The Morgan fingerprint density at radius 2 is 1.82 bits per heavy atom. The average Bonchev–Trinajstić information content (AvgIpc) is 3.71. The SMILES string of the molecule is CNC(=O)C(=Nc1ccc(NCC(C)C)cc1)c1cc(C2CC2)c(N(CCCNC(C)=O)S(C)(=O)=O)cc1N. The smallest absolute Gasteiger partial charge is 0.270 e. The molecule has 1 fully saturated rings. The lowest BCUT2D eigenvalue weighted by atomic mass is 9.98. The molecule has 0 heterocycles. The van der Waals surface area contributed by atoms with Crippen LogP contribution in [-0.2, 0) is 19.6 Å². The van der Waals surface area contributed by atoms with Crippen molar-refractivity contribution in [2.75, 3.05) is 48.3 Å². The molecule has 5 N–H and O–H groups in total. The molecule has 10 nitrogen and oxygen atoms in total. The monoisotopic (exact) mass is 556 g/mol. The second kappa shape index (κ2) is 13.0. The van der Waals surface area contributed by atoms with Crippen LogP contribution in [0.3, 0.4) is 0 Å². The number of sulfonamides is 1. The van der Waals surface area contributed by atoms with Crippen molar-refractivity contribution in [2.24, 2.45) is 10.9 Å². The van der Waals surface area contributed by atoms with Crippen molar-refractivity contribution in [1.82, 2.24) is 10.6 Å². The van der Waals surface area contributed by atoms with E-state index in [4.69, 9.17) is 5.73 Å². The molecule has 2 aromatic carbocycles. The molecule has 0 spiro atoms. The first kappa shape index (κ1) is 29.9. The zero-order chi connectivity index (χ0) is 28.7. The number of nitrogens with two attached hydrogens (primary N) is 1. The van der Waals surface area contributed by atoms with Crippen LogP contribution in [0.2, 0.25) is 0 Å². The number of nitrogen functional groups attached to an aromatic ring is 1. The van der Waals surface area contributed by atoms with E-state index in [1.807, 2.05) is 24.3 Å². The first-order valence-electron chi connectivity index (χ1n) is 13.2. The predicted octanol–water partition coefficient (Wildman–Crippen LogP) is 3.37. The second-order valence-electron chi connectivity index (χ2n) is 10.3. The number of nitrogens with one attached hydrogen (secondary N) is 3. The molecule has 39 heavy (non-hydrogen) atoms. The molecule has 0 aliphatic heterocycles. The minimum Gasteiger partial charge on any atom is -0.398 e. The highest BCUT2D eigenvalue weighted by atomic mass is 32.2. The van der Waals surface area contributed by atoms with Gasteiger partial charge in [0.15, 0.2) is 0 Å². The van der Waals surface area contributed by atoms with Gasteiger partial charge in [0, 0.05) is 50.5 Å². The molecule has 212 valence electrons. The lowest BCUT2D eigenvalue weighted by Crippen LogP contribution is -2.34. The quantitative estimate of drug-likeness (QED) is 0.169. The first-order chi connectivity index (χ1) is 18.4. The van der Waals surface area contributed by atoms with Gasteiger partial charge in [-0.15, -0.1) is 0 Å². The zero-order valence-corrected chi connectivity index (χ0v) is 24.2. The van der Waals surface area contributed by atoms with E-state index in [9.17, 15) is 18.0 Å². The Hall–Kier alpha value is -3.60. The van der Waals surface area contributed by atoms with Crippen LogP contribution in [0.25, 0.3) is 0 Å². The van der Waals surface area contributed by atoms with Crippen LogP contribution in [-0.4, -0.2) is 58.9 Å². The number of anilines is 3. The molecule has 0 atom stereocenters. The summed E-state index contributed by atoms with van der Waals surface area (Å²) in [5.74, 6) is 0.102. The van der Waals surface area contributed by atoms with E-state index in [2.05, 4.69) is 34.8 Å². The molecule has 3 rings (SSSR count). The zero-order valence-electron chi connectivity index (χ0n) is 23.4. The molecule has 2 aromatic rings. The largest absolute Gasteiger partial charge is 0.398 e. The number of hydrogen-bond acceptors (Lipinski definition) is 7. The van der Waals surface area contributed by atoms with Gasteiger partial charge in [0.1, 0.15) is 5.71 Å². The number of hydrogen-bond donors (Lipinski definition) is 4. The third kappa shape index (κ3) is 8.44. The molecular formula is C28H40N6O4S. The molecule has 2 amide bonds. The third-order valence-corrected chi connectivity index (χ3v) is 7.50. The van der Waals surface area contributed by atoms with Crippen LogP contribution in [0, 0.1) is 5.92 Å².